The third kappa shape index (κ3) is 3.38. The van der Waals surface area contributed by atoms with Crippen LogP contribution in [0, 0.1) is 18.4 Å². The number of carbonyl (C=O) groups is 1. The molecule has 0 radical (unpaired) electrons. The summed E-state index contributed by atoms with van der Waals surface area (Å²) in [7, 11) is 1.87. The van der Waals surface area contributed by atoms with Gasteiger partial charge in [-0.15, -0.1) is 11.3 Å². The number of hydrogen-bond donors (Lipinski definition) is 1. The molecular formula is C18H19N3OS. The Morgan fingerprint density at radius 2 is 2.17 bits per heavy atom. The third-order valence-corrected chi connectivity index (χ3v) is 5.34. The van der Waals surface area contributed by atoms with Gasteiger partial charge in [-0.25, -0.2) is 4.98 Å². The van der Waals surface area contributed by atoms with Gasteiger partial charge in [0.1, 0.15) is 9.88 Å². The summed E-state index contributed by atoms with van der Waals surface area (Å²) in [6.45, 7) is 0.827. The molecule has 1 saturated carbocycles. The van der Waals surface area contributed by atoms with E-state index in [0.29, 0.717) is 16.8 Å². The van der Waals surface area contributed by atoms with E-state index in [1.165, 1.54) is 11.3 Å². The number of amides is 1. The number of rotatable bonds is 5. The molecule has 4 nitrogen and oxygen atoms in total. The summed E-state index contributed by atoms with van der Waals surface area (Å²) in [5.41, 5.74) is 1.04. The highest BCUT2D eigenvalue weighted by Gasteiger charge is 2.34. The van der Waals surface area contributed by atoms with Crippen molar-refractivity contribution in [2.75, 3.05) is 13.6 Å². The molecule has 1 aliphatic carbocycles. The first kappa shape index (κ1) is 15.6. The van der Waals surface area contributed by atoms with Gasteiger partial charge in [0.25, 0.3) is 5.91 Å². The van der Waals surface area contributed by atoms with Crippen molar-refractivity contribution in [2.45, 2.75) is 18.9 Å². The van der Waals surface area contributed by atoms with Crippen molar-refractivity contribution in [3.8, 4) is 23.0 Å². The van der Waals surface area contributed by atoms with Crippen molar-refractivity contribution in [3.63, 3.8) is 0 Å². The van der Waals surface area contributed by atoms with Crippen LogP contribution >= 0.6 is 11.3 Å². The molecule has 3 rings (SSSR count). The summed E-state index contributed by atoms with van der Waals surface area (Å²) in [6, 6.07) is 12.7. The Balaban J connectivity index is 1.61. The van der Waals surface area contributed by atoms with Crippen LogP contribution in [0.3, 0.4) is 0 Å². The van der Waals surface area contributed by atoms with E-state index >= 15 is 0 Å². The van der Waals surface area contributed by atoms with Crippen LogP contribution in [0.5, 0.6) is 0 Å². The second kappa shape index (κ2) is 6.84. The lowest BCUT2D eigenvalue weighted by Crippen LogP contribution is -2.47. The van der Waals surface area contributed by atoms with E-state index in [9.17, 15) is 4.79 Å². The topological polar surface area (TPSA) is 45.2 Å². The molecule has 1 amide bonds. The molecule has 1 aromatic carbocycles. The van der Waals surface area contributed by atoms with E-state index in [4.69, 9.17) is 6.42 Å². The quantitative estimate of drug-likeness (QED) is 0.679. The predicted molar refractivity (Wildman–Crippen MR) is 93.0 cm³/mol. The van der Waals surface area contributed by atoms with Gasteiger partial charge in [-0.3, -0.25) is 4.79 Å². The lowest BCUT2D eigenvalue weighted by atomic mass is 9.79. The van der Waals surface area contributed by atoms with Crippen molar-refractivity contribution in [1.29, 1.82) is 0 Å². The zero-order valence-corrected chi connectivity index (χ0v) is 13.8. The van der Waals surface area contributed by atoms with Crippen molar-refractivity contribution in [2.24, 2.45) is 5.92 Å². The van der Waals surface area contributed by atoms with E-state index in [0.717, 1.165) is 30.0 Å². The molecule has 0 unspecified atom stereocenters. The Bertz CT molecular complexity index is 713. The van der Waals surface area contributed by atoms with Gasteiger partial charge in [-0.2, -0.15) is 0 Å². The van der Waals surface area contributed by atoms with Gasteiger partial charge in [-0.1, -0.05) is 36.8 Å². The number of carbonyl (C=O) groups excluding carboxylic acids is 1. The van der Waals surface area contributed by atoms with Crippen molar-refractivity contribution in [1.82, 2.24) is 15.2 Å². The van der Waals surface area contributed by atoms with Crippen LogP contribution in [0.2, 0.25) is 0 Å². The van der Waals surface area contributed by atoms with Crippen LogP contribution in [0.25, 0.3) is 10.6 Å². The SMILES string of the molecule is C#CNCC1CC(N(C)C(=O)c2cnc(-c3ccccc3)s2)C1. The molecule has 2 aromatic rings. The van der Waals surface area contributed by atoms with Gasteiger partial charge in [0.15, 0.2) is 0 Å². The van der Waals surface area contributed by atoms with E-state index < -0.39 is 0 Å². The minimum Gasteiger partial charge on any atom is -0.346 e. The second-order valence-electron chi connectivity index (χ2n) is 5.83. The number of nitrogens with zero attached hydrogens (tertiary/aromatic N) is 2. The fourth-order valence-corrected chi connectivity index (χ4v) is 3.72. The zero-order chi connectivity index (χ0) is 16.2. The maximum absolute atomic E-state index is 12.6. The fourth-order valence-electron chi connectivity index (χ4n) is 2.81. The van der Waals surface area contributed by atoms with E-state index in [2.05, 4.69) is 16.3 Å². The molecular weight excluding hydrogens is 306 g/mol. The average molecular weight is 325 g/mol. The number of hydrogen-bond acceptors (Lipinski definition) is 4. The Labute approximate surface area is 140 Å². The van der Waals surface area contributed by atoms with Crippen LogP contribution in [0.1, 0.15) is 22.5 Å². The zero-order valence-electron chi connectivity index (χ0n) is 13.0. The first-order valence-electron chi connectivity index (χ1n) is 7.66. The third-order valence-electron chi connectivity index (χ3n) is 4.31. The summed E-state index contributed by atoms with van der Waals surface area (Å²) in [5.74, 6) is 0.616. The Morgan fingerprint density at radius 1 is 1.43 bits per heavy atom. The number of thiazole rings is 1. The molecule has 23 heavy (non-hydrogen) atoms. The molecule has 1 fully saturated rings. The predicted octanol–water partition coefficient (Wildman–Crippen LogP) is 2.84. The number of terminal acetylenes is 1. The minimum atomic E-state index is 0.0537. The molecule has 0 bridgehead atoms. The van der Waals surface area contributed by atoms with Crippen LogP contribution in [-0.4, -0.2) is 35.4 Å². The highest BCUT2D eigenvalue weighted by Crippen LogP contribution is 2.32. The highest BCUT2D eigenvalue weighted by atomic mass is 32.1. The Hall–Kier alpha value is -2.32. The van der Waals surface area contributed by atoms with E-state index in [-0.39, 0.29) is 5.91 Å². The summed E-state index contributed by atoms with van der Waals surface area (Å²) < 4.78 is 0. The molecule has 1 N–H and O–H groups in total. The molecule has 0 atom stereocenters. The van der Waals surface area contributed by atoms with Gasteiger partial charge in [-0.05, 0) is 18.8 Å². The standard InChI is InChI=1S/C18H19N3OS/c1-3-19-11-13-9-15(10-13)21(2)18(22)16-12-20-17(23-16)14-7-5-4-6-8-14/h1,4-8,12-13,15,19H,9-11H2,2H3. The lowest BCUT2D eigenvalue weighted by Gasteiger charge is -2.40. The highest BCUT2D eigenvalue weighted by molar-refractivity contribution is 7.16. The largest absolute Gasteiger partial charge is 0.346 e. The molecule has 1 aliphatic rings. The maximum atomic E-state index is 12.6. The van der Waals surface area contributed by atoms with Crippen molar-refractivity contribution < 1.29 is 4.79 Å². The summed E-state index contributed by atoms with van der Waals surface area (Å²) >= 11 is 1.45. The molecule has 0 aliphatic heterocycles. The van der Waals surface area contributed by atoms with Crippen LogP contribution < -0.4 is 5.32 Å². The van der Waals surface area contributed by atoms with Gasteiger partial charge < -0.3 is 10.2 Å². The van der Waals surface area contributed by atoms with E-state index in [1.54, 1.807) is 6.20 Å². The number of benzene rings is 1. The molecule has 118 valence electrons. The van der Waals surface area contributed by atoms with Crippen LogP contribution in [-0.2, 0) is 0 Å². The molecule has 1 aromatic heterocycles. The van der Waals surface area contributed by atoms with Gasteiger partial charge in [0, 0.05) is 31.2 Å². The van der Waals surface area contributed by atoms with Crippen LogP contribution in [0.15, 0.2) is 36.5 Å². The second-order valence-corrected chi connectivity index (χ2v) is 6.86. The Morgan fingerprint density at radius 3 is 2.87 bits per heavy atom. The fraction of sp³-hybridized carbons (Fsp3) is 0.333. The number of nitrogens with one attached hydrogen (secondary N) is 1. The minimum absolute atomic E-state index is 0.0537. The summed E-state index contributed by atoms with van der Waals surface area (Å²) in [6.07, 6.45) is 8.88. The van der Waals surface area contributed by atoms with E-state index in [1.807, 2.05) is 42.3 Å². The van der Waals surface area contributed by atoms with Crippen molar-refractivity contribution >= 4 is 17.2 Å². The van der Waals surface area contributed by atoms with Gasteiger partial charge in [0.05, 0.1) is 6.20 Å². The first-order chi connectivity index (χ1) is 11.2. The summed E-state index contributed by atoms with van der Waals surface area (Å²) in [5, 5.41) is 3.79. The lowest BCUT2D eigenvalue weighted by molar-refractivity contribution is 0.0558. The van der Waals surface area contributed by atoms with Gasteiger partial charge >= 0.3 is 0 Å². The molecule has 5 heteroatoms. The monoisotopic (exact) mass is 325 g/mol. The smallest absolute Gasteiger partial charge is 0.265 e. The Kier molecular flexibility index (Phi) is 4.63. The number of aromatic nitrogens is 1. The van der Waals surface area contributed by atoms with Crippen LogP contribution in [0.4, 0.5) is 0 Å². The van der Waals surface area contributed by atoms with Gasteiger partial charge in [0.2, 0.25) is 0 Å². The molecule has 1 heterocycles. The average Bonchev–Trinajstić information content (AvgIpc) is 3.03. The first-order valence-corrected chi connectivity index (χ1v) is 8.47. The normalized spacial score (nSPS) is 19.5. The molecule has 0 spiro atoms. The molecule has 0 saturated heterocycles. The van der Waals surface area contributed by atoms with Crippen molar-refractivity contribution in [3.05, 3.63) is 41.4 Å². The maximum Gasteiger partial charge on any atom is 0.265 e. The summed E-state index contributed by atoms with van der Waals surface area (Å²) in [4.78, 5) is 19.5.